The molecule has 3 fully saturated rings. The molecule has 0 bridgehead atoms. The Balaban J connectivity index is 0.00000196. The molecule has 4 heterocycles. The van der Waals surface area contributed by atoms with Gasteiger partial charge in [0.1, 0.15) is 0 Å². The van der Waals surface area contributed by atoms with Crippen LogP contribution in [0.2, 0.25) is 10.0 Å². The standard InChI is InChI=1S/C33H39Cl2N5O3.CH4O/c34-26-1-2-28-24(17-26)16-25(20-41)29-18-27(35)19-37-31(29)32(28)39-13-7-23(8-14-39)22-5-11-38(12-6-22)30(42)15-21-3-9-40(10-4-21)33(36)43;1-2/h1-2,16-23,32H,3-15H2,(H2,36,43);2H,1H3. The van der Waals surface area contributed by atoms with Crippen molar-refractivity contribution in [2.75, 3.05) is 46.4 Å². The largest absolute Gasteiger partial charge is 0.400 e. The number of hydrogen-bond donors (Lipinski definition) is 2. The zero-order chi connectivity index (χ0) is 32.1. The Bertz CT molecular complexity index is 1410. The van der Waals surface area contributed by atoms with Gasteiger partial charge < -0.3 is 20.6 Å². The van der Waals surface area contributed by atoms with Gasteiger partial charge in [0.2, 0.25) is 5.91 Å². The van der Waals surface area contributed by atoms with E-state index in [1.807, 2.05) is 24.3 Å². The number of carbonyl (C=O) groups excluding carboxylic acids is 3. The van der Waals surface area contributed by atoms with Crippen molar-refractivity contribution in [2.24, 2.45) is 23.5 Å². The average molecular weight is 657 g/mol. The molecular formula is C34H43Cl2N5O4. The first-order valence-electron chi connectivity index (χ1n) is 15.9. The van der Waals surface area contributed by atoms with E-state index in [0.29, 0.717) is 52.9 Å². The molecule has 0 radical (unpaired) electrons. The van der Waals surface area contributed by atoms with Gasteiger partial charge in [0, 0.05) is 62.1 Å². The lowest BCUT2D eigenvalue weighted by atomic mass is 9.78. The van der Waals surface area contributed by atoms with Gasteiger partial charge >= 0.3 is 6.03 Å². The molecule has 3 amide bonds. The van der Waals surface area contributed by atoms with Crippen LogP contribution in [0.4, 0.5) is 4.79 Å². The number of fused-ring (bicyclic) bond motifs is 2. The molecule has 45 heavy (non-hydrogen) atoms. The first-order chi connectivity index (χ1) is 21.8. The van der Waals surface area contributed by atoms with Gasteiger partial charge in [0.05, 0.1) is 16.8 Å². The molecule has 242 valence electrons. The number of halogens is 2. The first-order valence-corrected chi connectivity index (χ1v) is 16.7. The Labute approximate surface area is 275 Å². The van der Waals surface area contributed by atoms with Crippen LogP contribution < -0.4 is 5.73 Å². The topological polar surface area (TPSA) is 120 Å². The molecule has 9 nitrogen and oxygen atoms in total. The molecule has 3 saturated heterocycles. The lowest BCUT2D eigenvalue weighted by Crippen LogP contribution is -2.45. The van der Waals surface area contributed by atoms with Crippen molar-refractivity contribution in [3.8, 4) is 0 Å². The highest BCUT2D eigenvalue weighted by molar-refractivity contribution is 6.31. The second kappa shape index (κ2) is 15.1. The van der Waals surface area contributed by atoms with E-state index in [0.717, 1.165) is 100 Å². The number of rotatable bonds is 5. The van der Waals surface area contributed by atoms with Gasteiger partial charge in [-0.1, -0.05) is 29.3 Å². The summed E-state index contributed by atoms with van der Waals surface area (Å²) in [6.07, 6.45) is 11.0. The monoisotopic (exact) mass is 655 g/mol. The number of aldehydes is 1. The molecule has 2 aromatic rings. The van der Waals surface area contributed by atoms with Crippen molar-refractivity contribution in [1.82, 2.24) is 19.7 Å². The summed E-state index contributed by atoms with van der Waals surface area (Å²) in [5, 5.41) is 8.14. The highest BCUT2D eigenvalue weighted by Gasteiger charge is 2.36. The van der Waals surface area contributed by atoms with Crippen molar-refractivity contribution in [3.63, 3.8) is 0 Å². The number of primary amides is 1. The lowest BCUT2D eigenvalue weighted by molar-refractivity contribution is -0.134. The summed E-state index contributed by atoms with van der Waals surface area (Å²) in [7, 11) is 1.00. The van der Waals surface area contributed by atoms with Crippen molar-refractivity contribution in [1.29, 1.82) is 0 Å². The molecule has 11 heteroatoms. The maximum absolute atomic E-state index is 13.1. The van der Waals surface area contributed by atoms with Crippen molar-refractivity contribution in [2.45, 2.75) is 51.0 Å². The molecule has 3 N–H and O–H groups in total. The van der Waals surface area contributed by atoms with Crippen LogP contribution in [0.3, 0.4) is 0 Å². The van der Waals surface area contributed by atoms with Crippen LogP contribution in [0.5, 0.6) is 0 Å². The van der Waals surface area contributed by atoms with E-state index >= 15 is 0 Å². The third kappa shape index (κ3) is 7.54. The zero-order valence-corrected chi connectivity index (χ0v) is 27.3. The zero-order valence-electron chi connectivity index (χ0n) is 25.8. The number of aliphatic hydroxyl groups excluding tert-OH is 1. The number of piperidine rings is 3. The molecule has 1 unspecified atom stereocenters. The van der Waals surface area contributed by atoms with Gasteiger partial charge in [-0.2, -0.15) is 0 Å². The van der Waals surface area contributed by atoms with Gasteiger partial charge in [0.25, 0.3) is 0 Å². The number of amides is 3. The number of carbonyl (C=O) groups is 3. The predicted octanol–water partition coefficient (Wildman–Crippen LogP) is 5.27. The number of nitrogens with zero attached hydrogens (tertiary/aromatic N) is 4. The van der Waals surface area contributed by atoms with E-state index in [2.05, 4.69) is 15.9 Å². The molecule has 1 aliphatic carbocycles. The second-order valence-corrected chi connectivity index (χ2v) is 13.4. The van der Waals surface area contributed by atoms with E-state index < -0.39 is 0 Å². The number of aliphatic hydroxyl groups is 1. The molecule has 1 aromatic carbocycles. The number of aromatic nitrogens is 1. The minimum Gasteiger partial charge on any atom is -0.400 e. The number of pyridine rings is 1. The highest BCUT2D eigenvalue weighted by atomic mass is 35.5. The fourth-order valence-corrected chi connectivity index (χ4v) is 8.02. The smallest absolute Gasteiger partial charge is 0.314 e. The fourth-order valence-electron chi connectivity index (χ4n) is 7.68. The van der Waals surface area contributed by atoms with Gasteiger partial charge in [-0.15, -0.1) is 0 Å². The predicted molar refractivity (Wildman–Crippen MR) is 177 cm³/mol. The van der Waals surface area contributed by atoms with Crippen molar-refractivity contribution in [3.05, 3.63) is 62.9 Å². The number of urea groups is 1. The summed E-state index contributed by atoms with van der Waals surface area (Å²) in [6, 6.07) is 7.28. The number of allylic oxidation sites excluding steroid dienone is 1. The number of benzene rings is 1. The third-order valence-corrected chi connectivity index (χ3v) is 10.6. The summed E-state index contributed by atoms with van der Waals surface area (Å²) in [6.45, 7) is 4.83. The van der Waals surface area contributed by atoms with E-state index in [1.54, 1.807) is 11.1 Å². The Morgan fingerprint density at radius 3 is 2.16 bits per heavy atom. The van der Waals surface area contributed by atoms with Gasteiger partial charge in [-0.05, 0) is 105 Å². The SMILES string of the molecule is CO.NC(=O)N1CCC(CC(=O)N2CCC(C3CCN(C4c5ccc(Cl)cc5C=C(C=O)c5cc(Cl)cnc54)CC3)CC2)CC1. The molecule has 6 rings (SSSR count). The molecule has 4 aliphatic rings. The van der Waals surface area contributed by atoms with Crippen LogP contribution in [0.25, 0.3) is 11.6 Å². The van der Waals surface area contributed by atoms with Crippen molar-refractivity contribution < 1.29 is 19.5 Å². The summed E-state index contributed by atoms with van der Waals surface area (Å²) < 4.78 is 0. The van der Waals surface area contributed by atoms with Gasteiger partial charge in [0.15, 0.2) is 6.29 Å². The fraction of sp³-hybridized carbons (Fsp3) is 0.529. The van der Waals surface area contributed by atoms with E-state index in [-0.39, 0.29) is 18.0 Å². The van der Waals surface area contributed by atoms with Crippen LogP contribution >= 0.6 is 23.2 Å². The second-order valence-electron chi connectivity index (χ2n) is 12.5. The van der Waals surface area contributed by atoms with Crippen LogP contribution in [-0.2, 0) is 9.59 Å². The van der Waals surface area contributed by atoms with Crippen LogP contribution in [0, 0.1) is 17.8 Å². The number of likely N-dealkylation sites (tertiary alicyclic amines) is 3. The van der Waals surface area contributed by atoms with E-state index in [4.69, 9.17) is 39.0 Å². The number of hydrogen-bond acceptors (Lipinski definition) is 6. The highest BCUT2D eigenvalue weighted by Crippen LogP contribution is 2.43. The maximum atomic E-state index is 13.1. The Morgan fingerprint density at radius 2 is 1.53 bits per heavy atom. The molecule has 1 aromatic heterocycles. The normalized spacial score (nSPS) is 21.5. The van der Waals surface area contributed by atoms with Crippen LogP contribution in [0.15, 0.2) is 30.5 Å². The average Bonchev–Trinajstić information content (AvgIpc) is 3.19. The van der Waals surface area contributed by atoms with E-state index in [1.165, 1.54) is 0 Å². The maximum Gasteiger partial charge on any atom is 0.314 e. The molecule has 1 atom stereocenters. The van der Waals surface area contributed by atoms with Gasteiger partial charge in [-0.3, -0.25) is 19.5 Å². The Morgan fingerprint density at radius 1 is 0.911 bits per heavy atom. The minimum absolute atomic E-state index is 0.0940. The summed E-state index contributed by atoms with van der Waals surface area (Å²) in [5.41, 5.74) is 9.63. The van der Waals surface area contributed by atoms with Gasteiger partial charge in [-0.25, -0.2) is 4.79 Å². The Kier molecular flexibility index (Phi) is 11.2. The lowest BCUT2D eigenvalue weighted by Gasteiger charge is -2.43. The number of nitrogens with two attached hydrogens (primary N) is 1. The quantitative estimate of drug-likeness (QED) is 0.424. The van der Waals surface area contributed by atoms with Crippen LogP contribution in [0.1, 0.15) is 73.4 Å². The van der Waals surface area contributed by atoms with Crippen molar-refractivity contribution >= 4 is 53.1 Å². The summed E-state index contributed by atoms with van der Waals surface area (Å²) in [4.78, 5) is 47.6. The van der Waals surface area contributed by atoms with Crippen LogP contribution in [-0.4, -0.2) is 89.4 Å². The molecule has 0 saturated carbocycles. The third-order valence-electron chi connectivity index (χ3n) is 10.1. The molecular weight excluding hydrogens is 613 g/mol. The first kappa shape index (κ1) is 33.4. The Hall–Kier alpha value is -2.98. The van der Waals surface area contributed by atoms with E-state index in [9.17, 15) is 14.4 Å². The molecule has 3 aliphatic heterocycles. The summed E-state index contributed by atoms with van der Waals surface area (Å²) in [5.74, 6) is 1.84. The molecule has 0 spiro atoms. The summed E-state index contributed by atoms with van der Waals surface area (Å²) >= 11 is 12.7. The minimum atomic E-state index is -0.364.